The van der Waals surface area contributed by atoms with Crippen LogP contribution in [-0.4, -0.2) is 36.3 Å². The van der Waals surface area contributed by atoms with E-state index in [1.807, 2.05) is 36.0 Å². The number of hydrogen-bond donors (Lipinski definition) is 2. The Morgan fingerprint density at radius 2 is 2.22 bits per heavy atom. The SMILES string of the molecule is COc1cccc([C@@H](O)CNC2CCSCC2)c1. The first-order valence-electron chi connectivity index (χ1n) is 6.42. The smallest absolute Gasteiger partial charge is 0.119 e. The van der Waals surface area contributed by atoms with Crippen molar-refractivity contribution in [1.29, 1.82) is 0 Å². The van der Waals surface area contributed by atoms with Gasteiger partial charge in [-0.3, -0.25) is 0 Å². The third-order valence-electron chi connectivity index (χ3n) is 3.30. The molecular weight excluding hydrogens is 246 g/mol. The van der Waals surface area contributed by atoms with Crippen LogP contribution in [0.4, 0.5) is 0 Å². The lowest BCUT2D eigenvalue weighted by Crippen LogP contribution is -2.35. The van der Waals surface area contributed by atoms with E-state index < -0.39 is 6.10 Å². The molecule has 4 heteroatoms. The lowest BCUT2D eigenvalue weighted by Gasteiger charge is -2.24. The summed E-state index contributed by atoms with van der Waals surface area (Å²) in [5.74, 6) is 3.25. The lowest BCUT2D eigenvalue weighted by molar-refractivity contribution is 0.168. The Balaban J connectivity index is 1.84. The predicted molar refractivity (Wildman–Crippen MR) is 76.3 cm³/mol. The minimum absolute atomic E-state index is 0.463. The molecule has 1 heterocycles. The van der Waals surface area contributed by atoms with E-state index in [2.05, 4.69) is 5.32 Å². The Bertz CT molecular complexity index is 367. The molecule has 0 radical (unpaired) electrons. The molecule has 1 aliphatic rings. The maximum atomic E-state index is 10.1. The van der Waals surface area contributed by atoms with Gasteiger partial charge in [-0.25, -0.2) is 0 Å². The van der Waals surface area contributed by atoms with Crippen LogP contribution in [-0.2, 0) is 0 Å². The van der Waals surface area contributed by atoms with Gasteiger partial charge in [0, 0.05) is 12.6 Å². The minimum atomic E-state index is -0.463. The van der Waals surface area contributed by atoms with Crippen LogP contribution in [0.1, 0.15) is 24.5 Å². The van der Waals surface area contributed by atoms with Gasteiger partial charge < -0.3 is 15.2 Å². The number of aliphatic hydroxyl groups is 1. The number of benzene rings is 1. The van der Waals surface area contributed by atoms with Crippen molar-refractivity contribution in [2.75, 3.05) is 25.2 Å². The summed E-state index contributed by atoms with van der Waals surface area (Å²) in [4.78, 5) is 0. The molecule has 0 aliphatic carbocycles. The minimum Gasteiger partial charge on any atom is -0.497 e. The van der Waals surface area contributed by atoms with Gasteiger partial charge in [-0.2, -0.15) is 11.8 Å². The van der Waals surface area contributed by atoms with Crippen molar-refractivity contribution < 1.29 is 9.84 Å². The highest BCUT2D eigenvalue weighted by Gasteiger charge is 2.15. The molecule has 1 aliphatic heterocycles. The average molecular weight is 267 g/mol. The van der Waals surface area contributed by atoms with Crippen molar-refractivity contribution in [1.82, 2.24) is 5.32 Å². The molecule has 2 rings (SSSR count). The number of methoxy groups -OCH3 is 1. The van der Waals surface area contributed by atoms with Crippen LogP contribution >= 0.6 is 11.8 Å². The monoisotopic (exact) mass is 267 g/mol. The van der Waals surface area contributed by atoms with Crippen molar-refractivity contribution in [3.05, 3.63) is 29.8 Å². The molecule has 0 unspecified atom stereocenters. The molecular formula is C14H21NO2S. The van der Waals surface area contributed by atoms with Gasteiger partial charge in [-0.15, -0.1) is 0 Å². The van der Waals surface area contributed by atoms with E-state index in [1.54, 1.807) is 7.11 Å². The Hall–Kier alpha value is -0.710. The van der Waals surface area contributed by atoms with Gasteiger partial charge in [0.1, 0.15) is 5.75 Å². The Morgan fingerprint density at radius 3 is 2.94 bits per heavy atom. The zero-order valence-electron chi connectivity index (χ0n) is 10.8. The molecule has 0 spiro atoms. The maximum absolute atomic E-state index is 10.1. The summed E-state index contributed by atoms with van der Waals surface area (Å²) in [7, 11) is 1.64. The first-order chi connectivity index (χ1) is 8.79. The molecule has 0 bridgehead atoms. The Kier molecular flexibility index (Phi) is 5.35. The average Bonchev–Trinajstić information content (AvgIpc) is 2.46. The Morgan fingerprint density at radius 1 is 1.44 bits per heavy atom. The fourth-order valence-corrected chi connectivity index (χ4v) is 3.25. The summed E-state index contributed by atoms with van der Waals surface area (Å²) in [6.07, 6.45) is 1.94. The normalized spacial score (nSPS) is 18.6. The fourth-order valence-electron chi connectivity index (χ4n) is 2.15. The van der Waals surface area contributed by atoms with Gasteiger partial charge in [0.05, 0.1) is 13.2 Å². The van der Waals surface area contributed by atoms with Crippen molar-refractivity contribution in [3.8, 4) is 5.75 Å². The molecule has 1 aromatic carbocycles. The molecule has 1 atom stereocenters. The molecule has 0 aromatic heterocycles. The van der Waals surface area contributed by atoms with E-state index in [0.717, 1.165) is 11.3 Å². The van der Waals surface area contributed by atoms with Crippen LogP contribution in [0.15, 0.2) is 24.3 Å². The number of rotatable bonds is 5. The standard InChI is InChI=1S/C14H21NO2S/c1-17-13-4-2-3-11(9-13)14(16)10-15-12-5-7-18-8-6-12/h2-4,9,12,14-16H,5-8,10H2,1H3/t14-/m0/s1. The zero-order valence-corrected chi connectivity index (χ0v) is 11.6. The van der Waals surface area contributed by atoms with Gasteiger partial charge in [-0.1, -0.05) is 12.1 Å². The third kappa shape index (κ3) is 3.90. The number of ether oxygens (including phenoxy) is 1. The molecule has 0 amide bonds. The number of aliphatic hydroxyl groups excluding tert-OH is 1. The number of thioether (sulfide) groups is 1. The summed E-state index contributed by atoms with van der Waals surface area (Å²) in [5.41, 5.74) is 0.909. The van der Waals surface area contributed by atoms with Gasteiger partial charge in [-0.05, 0) is 42.0 Å². The van der Waals surface area contributed by atoms with E-state index in [0.29, 0.717) is 12.6 Å². The van der Waals surface area contributed by atoms with E-state index >= 15 is 0 Å². The summed E-state index contributed by atoms with van der Waals surface area (Å²) in [6, 6.07) is 8.19. The topological polar surface area (TPSA) is 41.5 Å². The number of nitrogens with one attached hydrogen (secondary N) is 1. The Labute approximate surface area is 113 Å². The molecule has 2 N–H and O–H groups in total. The van der Waals surface area contributed by atoms with E-state index in [-0.39, 0.29) is 0 Å². The van der Waals surface area contributed by atoms with Crippen molar-refractivity contribution in [2.24, 2.45) is 0 Å². The summed E-state index contributed by atoms with van der Waals surface area (Å²) >= 11 is 2.02. The van der Waals surface area contributed by atoms with E-state index in [1.165, 1.54) is 24.3 Å². The molecule has 1 saturated heterocycles. The van der Waals surface area contributed by atoms with Gasteiger partial charge in [0.2, 0.25) is 0 Å². The molecule has 3 nitrogen and oxygen atoms in total. The van der Waals surface area contributed by atoms with Crippen LogP contribution in [0.3, 0.4) is 0 Å². The fraction of sp³-hybridized carbons (Fsp3) is 0.571. The molecule has 0 saturated carbocycles. The van der Waals surface area contributed by atoms with Crippen molar-refractivity contribution >= 4 is 11.8 Å². The highest BCUT2D eigenvalue weighted by atomic mass is 32.2. The molecule has 18 heavy (non-hydrogen) atoms. The van der Waals surface area contributed by atoms with Crippen LogP contribution < -0.4 is 10.1 Å². The molecule has 100 valence electrons. The van der Waals surface area contributed by atoms with Crippen LogP contribution in [0.5, 0.6) is 5.75 Å². The van der Waals surface area contributed by atoms with E-state index in [9.17, 15) is 5.11 Å². The van der Waals surface area contributed by atoms with Crippen molar-refractivity contribution in [3.63, 3.8) is 0 Å². The molecule has 1 aromatic rings. The lowest BCUT2D eigenvalue weighted by atomic mass is 10.1. The van der Waals surface area contributed by atoms with Crippen molar-refractivity contribution in [2.45, 2.75) is 25.0 Å². The summed E-state index contributed by atoms with van der Waals surface area (Å²) in [6.45, 7) is 0.614. The highest BCUT2D eigenvalue weighted by Crippen LogP contribution is 2.20. The number of hydrogen-bond acceptors (Lipinski definition) is 4. The predicted octanol–water partition coefficient (Wildman–Crippen LogP) is 2.21. The second kappa shape index (κ2) is 7.02. The van der Waals surface area contributed by atoms with Gasteiger partial charge in [0.25, 0.3) is 0 Å². The van der Waals surface area contributed by atoms with Crippen LogP contribution in [0.25, 0.3) is 0 Å². The van der Waals surface area contributed by atoms with Crippen LogP contribution in [0, 0.1) is 0 Å². The quantitative estimate of drug-likeness (QED) is 0.858. The largest absolute Gasteiger partial charge is 0.497 e. The maximum Gasteiger partial charge on any atom is 0.119 e. The van der Waals surface area contributed by atoms with Gasteiger partial charge in [0.15, 0.2) is 0 Å². The third-order valence-corrected chi connectivity index (χ3v) is 4.35. The van der Waals surface area contributed by atoms with Crippen LogP contribution in [0.2, 0.25) is 0 Å². The first kappa shape index (κ1) is 13.7. The summed E-state index contributed by atoms with van der Waals surface area (Å²) < 4.78 is 5.17. The van der Waals surface area contributed by atoms with Gasteiger partial charge >= 0.3 is 0 Å². The second-order valence-electron chi connectivity index (χ2n) is 4.59. The zero-order chi connectivity index (χ0) is 12.8. The highest BCUT2D eigenvalue weighted by molar-refractivity contribution is 7.99. The summed E-state index contributed by atoms with van der Waals surface area (Å²) in [5, 5.41) is 13.6. The molecule has 1 fully saturated rings. The second-order valence-corrected chi connectivity index (χ2v) is 5.81. The van der Waals surface area contributed by atoms with E-state index in [4.69, 9.17) is 4.74 Å². The first-order valence-corrected chi connectivity index (χ1v) is 7.58.